The summed E-state index contributed by atoms with van der Waals surface area (Å²) in [5, 5.41) is 1.19. The van der Waals surface area contributed by atoms with Crippen molar-refractivity contribution in [2.24, 2.45) is 0 Å². The van der Waals surface area contributed by atoms with Crippen LogP contribution in [0.4, 0.5) is 0 Å². The van der Waals surface area contributed by atoms with E-state index in [-0.39, 0.29) is 12.0 Å². The molecule has 20 heavy (non-hydrogen) atoms. The van der Waals surface area contributed by atoms with Gasteiger partial charge in [0.2, 0.25) is 5.91 Å². The zero-order valence-corrected chi connectivity index (χ0v) is 12.0. The average Bonchev–Trinajstić information content (AvgIpc) is 2.75. The molecule has 0 N–H and O–H groups in total. The number of hydrogen-bond acceptors (Lipinski definition) is 2. The van der Waals surface area contributed by atoms with E-state index in [4.69, 9.17) is 4.74 Å². The normalized spacial score (nSPS) is 19.5. The SMILES string of the molecule is Cc1cc2ccccc2n1CC(=O)N1CCO[C@@H](C)C1. The second kappa shape index (κ2) is 5.29. The average molecular weight is 272 g/mol. The van der Waals surface area contributed by atoms with Gasteiger partial charge >= 0.3 is 0 Å². The summed E-state index contributed by atoms with van der Waals surface area (Å²) >= 11 is 0. The van der Waals surface area contributed by atoms with E-state index in [2.05, 4.69) is 29.7 Å². The van der Waals surface area contributed by atoms with Crippen molar-refractivity contribution in [3.63, 3.8) is 0 Å². The van der Waals surface area contributed by atoms with Gasteiger partial charge in [-0.25, -0.2) is 0 Å². The third kappa shape index (κ3) is 2.43. The zero-order chi connectivity index (χ0) is 14.1. The van der Waals surface area contributed by atoms with Gasteiger partial charge in [0, 0.05) is 24.3 Å². The highest BCUT2D eigenvalue weighted by molar-refractivity contribution is 5.84. The molecule has 2 heterocycles. The second-order valence-electron chi connectivity index (χ2n) is 5.45. The molecule has 3 rings (SSSR count). The van der Waals surface area contributed by atoms with Crippen LogP contribution in [-0.2, 0) is 16.1 Å². The van der Waals surface area contributed by atoms with Crippen LogP contribution in [0.5, 0.6) is 0 Å². The molecule has 0 aliphatic carbocycles. The van der Waals surface area contributed by atoms with Crippen LogP contribution in [-0.4, -0.2) is 41.2 Å². The molecule has 0 radical (unpaired) electrons. The first-order valence-electron chi connectivity index (χ1n) is 7.09. The van der Waals surface area contributed by atoms with Crippen LogP contribution in [0.3, 0.4) is 0 Å². The molecule has 4 heteroatoms. The number of carbonyl (C=O) groups excluding carboxylic acids is 1. The number of hydrogen-bond donors (Lipinski definition) is 0. The molecule has 1 amide bonds. The number of aromatic nitrogens is 1. The van der Waals surface area contributed by atoms with E-state index < -0.39 is 0 Å². The van der Waals surface area contributed by atoms with Crippen LogP contribution in [0.2, 0.25) is 0 Å². The van der Waals surface area contributed by atoms with Crippen LogP contribution >= 0.6 is 0 Å². The van der Waals surface area contributed by atoms with Crippen molar-refractivity contribution in [2.75, 3.05) is 19.7 Å². The third-order valence-corrected chi connectivity index (χ3v) is 3.90. The first-order valence-corrected chi connectivity index (χ1v) is 7.09. The number of fused-ring (bicyclic) bond motifs is 1. The van der Waals surface area contributed by atoms with Crippen molar-refractivity contribution in [3.05, 3.63) is 36.0 Å². The Balaban J connectivity index is 1.82. The Morgan fingerprint density at radius 2 is 2.20 bits per heavy atom. The minimum atomic E-state index is 0.134. The maximum Gasteiger partial charge on any atom is 0.242 e. The highest BCUT2D eigenvalue weighted by atomic mass is 16.5. The summed E-state index contributed by atoms with van der Waals surface area (Å²) in [6.07, 6.45) is 0.134. The highest BCUT2D eigenvalue weighted by Gasteiger charge is 2.22. The number of carbonyl (C=O) groups is 1. The lowest BCUT2D eigenvalue weighted by atomic mass is 10.2. The van der Waals surface area contributed by atoms with E-state index in [0.29, 0.717) is 26.2 Å². The largest absolute Gasteiger partial charge is 0.375 e. The van der Waals surface area contributed by atoms with Crippen molar-refractivity contribution >= 4 is 16.8 Å². The summed E-state index contributed by atoms with van der Waals surface area (Å²) in [4.78, 5) is 14.4. The van der Waals surface area contributed by atoms with Gasteiger partial charge in [-0.3, -0.25) is 4.79 Å². The van der Waals surface area contributed by atoms with E-state index in [1.807, 2.05) is 24.0 Å². The maximum atomic E-state index is 12.5. The van der Waals surface area contributed by atoms with Crippen LogP contribution in [0, 0.1) is 6.92 Å². The summed E-state index contributed by atoms with van der Waals surface area (Å²) < 4.78 is 7.58. The minimum absolute atomic E-state index is 0.134. The Hall–Kier alpha value is -1.81. The summed E-state index contributed by atoms with van der Waals surface area (Å²) in [6, 6.07) is 10.3. The molecular weight excluding hydrogens is 252 g/mol. The van der Waals surface area contributed by atoms with Gasteiger partial charge in [0.15, 0.2) is 0 Å². The van der Waals surface area contributed by atoms with E-state index in [1.54, 1.807) is 0 Å². The number of ether oxygens (including phenoxy) is 1. The van der Waals surface area contributed by atoms with Crippen molar-refractivity contribution in [3.8, 4) is 0 Å². The first kappa shape index (κ1) is 13.2. The number of rotatable bonds is 2. The predicted octanol–water partition coefficient (Wildman–Crippen LogP) is 2.20. The zero-order valence-electron chi connectivity index (χ0n) is 12.0. The van der Waals surface area contributed by atoms with Crippen LogP contribution in [0.15, 0.2) is 30.3 Å². The van der Waals surface area contributed by atoms with E-state index in [1.165, 1.54) is 5.39 Å². The number of aryl methyl sites for hydroxylation is 1. The van der Waals surface area contributed by atoms with Gasteiger partial charge in [0.1, 0.15) is 6.54 Å². The van der Waals surface area contributed by atoms with Crippen molar-refractivity contribution in [2.45, 2.75) is 26.5 Å². The Morgan fingerprint density at radius 1 is 1.40 bits per heavy atom. The van der Waals surface area contributed by atoms with Gasteiger partial charge < -0.3 is 14.2 Å². The molecule has 0 spiro atoms. The number of morpholine rings is 1. The van der Waals surface area contributed by atoms with Crippen molar-refractivity contribution < 1.29 is 9.53 Å². The van der Waals surface area contributed by atoms with Crippen LogP contribution in [0.25, 0.3) is 10.9 Å². The molecule has 1 saturated heterocycles. The van der Waals surface area contributed by atoms with E-state index in [9.17, 15) is 4.79 Å². The molecule has 106 valence electrons. The molecule has 1 atom stereocenters. The Labute approximate surface area is 118 Å². The Morgan fingerprint density at radius 3 is 3.00 bits per heavy atom. The maximum absolute atomic E-state index is 12.5. The predicted molar refractivity (Wildman–Crippen MR) is 78.7 cm³/mol. The van der Waals surface area contributed by atoms with Crippen molar-refractivity contribution in [1.82, 2.24) is 9.47 Å². The fraction of sp³-hybridized carbons (Fsp3) is 0.438. The molecule has 0 saturated carbocycles. The van der Waals surface area contributed by atoms with Gasteiger partial charge in [-0.15, -0.1) is 0 Å². The van der Waals surface area contributed by atoms with E-state index in [0.717, 1.165) is 11.2 Å². The topological polar surface area (TPSA) is 34.5 Å². The monoisotopic (exact) mass is 272 g/mol. The standard InChI is InChI=1S/C16H20N2O2/c1-12-9-14-5-3-4-6-15(14)18(12)11-16(19)17-7-8-20-13(2)10-17/h3-6,9,13H,7-8,10-11H2,1-2H3/t13-/m0/s1. The van der Waals surface area contributed by atoms with Gasteiger partial charge in [0.05, 0.1) is 12.7 Å². The third-order valence-electron chi connectivity index (χ3n) is 3.90. The minimum Gasteiger partial charge on any atom is -0.375 e. The number of benzene rings is 1. The number of para-hydroxylation sites is 1. The lowest BCUT2D eigenvalue weighted by Gasteiger charge is -2.31. The molecule has 1 aromatic carbocycles. The summed E-state index contributed by atoms with van der Waals surface area (Å²) in [5.41, 5.74) is 2.25. The lowest BCUT2D eigenvalue weighted by molar-refractivity contribution is -0.138. The fourth-order valence-electron chi connectivity index (χ4n) is 2.84. The lowest BCUT2D eigenvalue weighted by Crippen LogP contribution is -2.45. The van der Waals surface area contributed by atoms with Crippen LogP contribution in [0.1, 0.15) is 12.6 Å². The van der Waals surface area contributed by atoms with Crippen LogP contribution < -0.4 is 0 Å². The smallest absolute Gasteiger partial charge is 0.242 e. The molecule has 1 aromatic heterocycles. The Bertz CT molecular complexity index is 632. The van der Waals surface area contributed by atoms with Crippen molar-refractivity contribution in [1.29, 1.82) is 0 Å². The molecular formula is C16H20N2O2. The summed E-state index contributed by atoms with van der Waals surface area (Å²) in [7, 11) is 0. The number of amides is 1. The molecule has 2 aromatic rings. The second-order valence-corrected chi connectivity index (χ2v) is 5.45. The molecule has 1 aliphatic rings. The first-order chi connectivity index (χ1) is 9.65. The molecule has 0 bridgehead atoms. The quantitative estimate of drug-likeness (QED) is 0.840. The van der Waals surface area contributed by atoms with Gasteiger partial charge in [-0.05, 0) is 31.4 Å². The molecule has 4 nitrogen and oxygen atoms in total. The molecule has 0 unspecified atom stereocenters. The molecule has 1 aliphatic heterocycles. The summed E-state index contributed by atoms with van der Waals surface area (Å²) in [5.74, 6) is 0.171. The van der Waals surface area contributed by atoms with E-state index >= 15 is 0 Å². The summed E-state index contributed by atoms with van der Waals surface area (Å²) in [6.45, 7) is 6.49. The fourth-order valence-corrected chi connectivity index (χ4v) is 2.84. The van der Waals surface area contributed by atoms with Gasteiger partial charge in [-0.1, -0.05) is 18.2 Å². The number of nitrogens with zero attached hydrogens (tertiary/aromatic N) is 2. The highest BCUT2D eigenvalue weighted by Crippen LogP contribution is 2.19. The molecule has 1 fully saturated rings. The van der Waals surface area contributed by atoms with Gasteiger partial charge in [0.25, 0.3) is 0 Å². The van der Waals surface area contributed by atoms with Gasteiger partial charge in [-0.2, -0.15) is 0 Å². The Kier molecular flexibility index (Phi) is 3.49.